The summed E-state index contributed by atoms with van der Waals surface area (Å²) in [7, 11) is 1.78. The van der Waals surface area contributed by atoms with E-state index in [4.69, 9.17) is 9.47 Å². The second-order valence-electron chi connectivity index (χ2n) is 6.45. The molecule has 0 bridgehead atoms. The number of ether oxygens (including phenoxy) is 2. The van der Waals surface area contributed by atoms with Gasteiger partial charge in [0, 0.05) is 49.6 Å². The van der Waals surface area contributed by atoms with Crippen molar-refractivity contribution in [3.8, 4) is 11.5 Å². The first-order valence-electron chi connectivity index (χ1n) is 8.96. The molecule has 3 aromatic rings. The summed E-state index contributed by atoms with van der Waals surface area (Å²) in [5.41, 5.74) is 3.16. The van der Waals surface area contributed by atoms with Gasteiger partial charge >= 0.3 is 0 Å². The van der Waals surface area contributed by atoms with Gasteiger partial charge in [-0.2, -0.15) is 0 Å². The Bertz CT molecular complexity index is 978. The largest absolute Gasteiger partial charge is 0.454 e. The van der Waals surface area contributed by atoms with Crippen molar-refractivity contribution in [2.24, 2.45) is 0 Å². The molecule has 1 N–H and O–H groups in total. The molecule has 28 heavy (non-hydrogen) atoms. The molecule has 0 spiro atoms. The van der Waals surface area contributed by atoms with Crippen LogP contribution in [0.2, 0.25) is 0 Å². The summed E-state index contributed by atoms with van der Waals surface area (Å²) in [6.07, 6.45) is 5.90. The maximum atomic E-state index is 12.7. The first-order chi connectivity index (χ1) is 13.7. The molecule has 0 saturated heterocycles. The molecule has 1 aliphatic rings. The Morgan fingerprint density at radius 3 is 2.68 bits per heavy atom. The number of fused-ring (bicyclic) bond motifs is 1. The van der Waals surface area contributed by atoms with E-state index in [-0.39, 0.29) is 12.7 Å². The Hall–Kier alpha value is -3.61. The highest BCUT2D eigenvalue weighted by atomic mass is 16.7. The van der Waals surface area contributed by atoms with E-state index >= 15 is 0 Å². The molecule has 0 atom stereocenters. The van der Waals surface area contributed by atoms with Crippen LogP contribution in [0.15, 0.2) is 61.1 Å². The average Bonchev–Trinajstić information content (AvgIpc) is 3.20. The average molecular weight is 376 g/mol. The number of aromatic nitrogens is 2. The molecule has 0 aliphatic carbocycles. The summed E-state index contributed by atoms with van der Waals surface area (Å²) < 4.78 is 10.7. The molecule has 4 rings (SSSR count). The minimum Gasteiger partial charge on any atom is -0.454 e. The van der Waals surface area contributed by atoms with Gasteiger partial charge in [-0.3, -0.25) is 14.8 Å². The van der Waals surface area contributed by atoms with Gasteiger partial charge in [0.1, 0.15) is 5.69 Å². The molecular weight excluding hydrogens is 356 g/mol. The predicted octanol–water partition coefficient (Wildman–Crippen LogP) is 3.26. The van der Waals surface area contributed by atoms with Gasteiger partial charge in [-0.1, -0.05) is 0 Å². The van der Waals surface area contributed by atoms with Gasteiger partial charge in [-0.25, -0.2) is 0 Å². The third-order valence-electron chi connectivity index (χ3n) is 4.47. The Labute approximate surface area is 163 Å². The first-order valence-corrected chi connectivity index (χ1v) is 8.96. The number of rotatable bonds is 6. The highest BCUT2D eigenvalue weighted by Gasteiger charge is 2.15. The maximum Gasteiger partial charge on any atom is 0.272 e. The van der Waals surface area contributed by atoms with Crippen LogP contribution in [0, 0.1) is 0 Å². The Balaban J connectivity index is 1.41. The van der Waals surface area contributed by atoms with Gasteiger partial charge in [-0.15, -0.1) is 0 Å². The number of hydrogen-bond donors (Lipinski definition) is 1. The van der Waals surface area contributed by atoms with Crippen molar-refractivity contribution in [2.75, 3.05) is 25.7 Å². The van der Waals surface area contributed by atoms with Gasteiger partial charge in [0.2, 0.25) is 6.79 Å². The van der Waals surface area contributed by atoms with Gasteiger partial charge in [0.25, 0.3) is 5.91 Å². The fourth-order valence-corrected chi connectivity index (χ4v) is 2.91. The minimum absolute atomic E-state index is 0.122. The van der Waals surface area contributed by atoms with Crippen LogP contribution in [-0.4, -0.2) is 41.2 Å². The molecule has 0 unspecified atom stereocenters. The molecule has 3 heterocycles. The molecule has 0 saturated carbocycles. The molecule has 142 valence electrons. The van der Waals surface area contributed by atoms with E-state index in [1.165, 1.54) is 0 Å². The monoisotopic (exact) mass is 376 g/mol. The van der Waals surface area contributed by atoms with Crippen molar-refractivity contribution in [3.63, 3.8) is 0 Å². The summed E-state index contributed by atoms with van der Waals surface area (Å²) in [4.78, 5) is 22.6. The second kappa shape index (κ2) is 7.96. The lowest BCUT2D eigenvalue weighted by Crippen LogP contribution is -2.29. The maximum absolute atomic E-state index is 12.7. The standard InChI is InChI=1S/C21H20N4O3/c1-25(11-7-15-4-8-22-9-5-15)21(26)18-12-17(6-10-23-18)24-16-2-3-19-20(13-16)28-14-27-19/h2-6,8-10,12-13H,7,11,14H2,1H3,(H,23,24). The van der Waals surface area contributed by atoms with E-state index < -0.39 is 0 Å². The normalized spacial score (nSPS) is 11.9. The van der Waals surface area contributed by atoms with Gasteiger partial charge in [0.05, 0.1) is 0 Å². The summed E-state index contributed by atoms with van der Waals surface area (Å²) in [5, 5.41) is 3.27. The lowest BCUT2D eigenvalue weighted by molar-refractivity contribution is 0.0791. The van der Waals surface area contributed by atoms with Crippen LogP contribution in [0.5, 0.6) is 11.5 Å². The fourth-order valence-electron chi connectivity index (χ4n) is 2.91. The topological polar surface area (TPSA) is 76.6 Å². The summed E-state index contributed by atoms with van der Waals surface area (Å²) in [6, 6.07) is 13.1. The van der Waals surface area contributed by atoms with E-state index in [1.807, 2.05) is 36.4 Å². The number of nitrogens with one attached hydrogen (secondary N) is 1. The van der Waals surface area contributed by atoms with Crippen molar-refractivity contribution < 1.29 is 14.3 Å². The molecule has 7 nitrogen and oxygen atoms in total. The molecule has 1 aliphatic heterocycles. The summed E-state index contributed by atoms with van der Waals surface area (Å²) in [6.45, 7) is 0.836. The predicted molar refractivity (Wildman–Crippen MR) is 105 cm³/mol. The number of carbonyl (C=O) groups is 1. The summed E-state index contributed by atoms with van der Waals surface area (Å²) in [5.74, 6) is 1.31. The van der Waals surface area contributed by atoms with Crippen LogP contribution in [0.1, 0.15) is 16.1 Å². The lowest BCUT2D eigenvalue weighted by atomic mass is 10.2. The molecule has 0 fully saturated rings. The van der Waals surface area contributed by atoms with E-state index in [9.17, 15) is 4.79 Å². The molecule has 7 heteroatoms. The quantitative estimate of drug-likeness (QED) is 0.712. The Kier molecular flexibility index (Phi) is 5.05. The molecule has 0 radical (unpaired) electrons. The zero-order valence-electron chi connectivity index (χ0n) is 15.5. The minimum atomic E-state index is -0.122. The molecular formula is C21H20N4O3. The number of carbonyl (C=O) groups excluding carboxylic acids is 1. The lowest BCUT2D eigenvalue weighted by Gasteiger charge is -2.17. The molecule has 1 amide bonds. The fraction of sp³-hybridized carbons (Fsp3) is 0.190. The zero-order chi connectivity index (χ0) is 19.3. The zero-order valence-corrected chi connectivity index (χ0v) is 15.5. The number of hydrogen-bond acceptors (Lipinski definition) is 6. The first kappa shape index (κ1) is 17.8. The highest BCUT2D eigenvalue weighted by molar-refractivity contribution is 5.93. The van der Waals surface area contributed by atoms with Crippen molar-refractivity contribution in [1.29, 1.82) is 0 Å². The van der Waals surface area contributed by atoms with Gasteiger partial charge in [0.15, 0.2) is 11.5 Å². The number of benzene rings is 1. The number of amides is 1. The summed E-state index contributed by atoms with van der Waals surface area (Å²) >= 11 is 0. The van der Waals surface area contributed by atoms with Gasteiger partial charge in [-0.05, 0) is 48.4 Å². The van der Waals surface area contributed by atoms with Crippen LogP contribution in [-0.2, 0) is 6.42 Å². The molecule has 2 aromatic heterocycles. The number of nitrogens with zero attached hydrogens (tertiary/aromatic N) is 3. The third kappa shape index (κ3) is 4.03. The smallest absolute Gasteiger partial charge is 0.272 e. The highest BCUT2D eigenvalue weighted by Crippen LogP contribution is 2.35. The van der Waals surface area contributed by atoms with Crippen LogP contribution in [0.4, 0.5) is 11.4 Å². The van der Waals surface area contributed by atoms with E-state index in [0.29, 0.717) is 18.0 Å². The van der Waals surface area contributed by atoms with Crippen LogP contribution in [0.3, 0.4) is 0 Å². The number of pyridine rings is 2. The van der Waals surface area contributed by atoms with Crippen molar-refractivity contribution in [1.82, 2.24) is 14.9 Å². The Morgan fingerprint density at radius 2 is 1.82 bits per heavy atom. The molecule has 1 aromatic carbocycles. The number of likely N-dealkylation sites (N-methyl/N-ethyl adjacent to an activating group) is 1. The second-order valence-corrected chi connectivity index (χ2v) is 6.45. The van der Waals surface area contributed by atoms with Crippen LogP contribution < -0.4 is 14.8 Å². The number of anilines is 2. The van der Waals surface area contributed by atoms with Gasteiger partial charge < -0.3 is 19.7 Å². The van der Waals surface area contributed by atoms with Crippen molar-refractivity contribution in [3.05, 3.63) is 72.3 Å². The third-order valence-corrected chi connectivity index (χ3v) is 4.47. The Morgan fingerprint density at radius 1 is 1.04 bits per heavy atom. The van der Waals surface area contributed by atoms with E-state index in [0.717, 1.165) is 29.1 Å². The van der Waals surface area contributed by atoms with Crippen molar-refractivity contribution in [2.45, 2.75) is 6.42 Å². The SMILES string of the molecule is CN(CCc1ccncc1)C(=O)c1cc(Nc2ccc3c(c2)OCO3)ccn1. The van der Waals surface area contributed by atoms with Crippen LogP contribution >= 0.6 is 0 Å². The van der Waals surface area contributed by atoms with E-state index in [2.05, 4.69) is 15.3 Å². The van der Waals surface area contributed by atoms with Crippen molar-refractivity contribution >= 4 is 17.3 Å². The van der Waals surface area contributed by atoms with Crippen LogP contribution in [0.25, 0.3) is 0 Å². The van der Waals surface area contributed by atoms with E-state index in [1.54, 1.807) is 36.6 Å².